The summed E-state index contributed by atoms with van der Waals surface area (Å²) < 4.78 is 24.3. The lowest BCUT2D eigenvalue weighted by Gasteiger charge is -2.10. The number of amides is 1. The van der Waals surface area contributed by atoms with Crippen molar-refractivity contribution in [2.45, 2.75) is 10.9 Å². The molecule has 29 heavy (non-hydrogen) atoms. The van der Waals surface area contributed by atoms with Crippen molar-refractivity contribution in [3.63, 3.8) is 0 Å². The lowest BCUT2D eigenvalue weighted by Crippen LogP contribution is -2.24. The lowest BCUT2D eigenvalue weighted by atomic mass is 10.2. The van der Waals surface area contributed by atoms with Gasteiger partial charge in [0.1, 0.15) is 5.82 Å². The Morgan fingerprint density at radius 1 is 1.14 bits per heavy atom. The number of nitrogens with zero attached hydrogens (tertiary/aromatic N) is 2. The number of ether oxygens (including phenoxy) is 2. The highest BCUT2D eigenvalue weighted by molar-refractivity contribution is 8.01. The predicted octanol–water partition coefficient (Wildman–Crippen LogP) is 3.85. The second-order valence-corrected chi connectivity index (χ2v) is 7.96. The molecule has 0 saturated heterocycles. The molecule has 0 spiro atoms. The first-order valence-electron chi connectivity index (χ1n) is 8.54. The molecular weight excluding hydrogens is 415 g/mol. The highest BCUT2D eigenvalue weighted by Gasteiger charge is 2.10. The van der Waals surface area contributed by atoms with E-state index in [1.165, 1.54) is 35.2 Å². The van der Waals surface area contributed by atoms with Crippen molar-refractivity contribution in [2.75, 3.05) is 25.3 Å². The van der Waals surface area contributed by atoms with Crippen molar-refractivity contribution in [1.82, 2.24) is 15.5 Å². The van der Waals surface area contributed by atoms with Crippen molar-refractivity contribution >= 4 is 39.8 Å². The number of nitrogens with one attached hydrogen (secondary N) is 2. The summed E-state index contributed by atoms with van der Waals surface area (Å²) in [5.74, 6) is 1.000. The van der Waals surface area contributed by atoms with Crippen LogP contribution in [0.5, 0.6) is 11.5 Å². The Balaban J connectivity index is 1.47. The number of halogens is 1. The number of carbonyl (C=O) groups is 1. The molecule has 0 aliphatic heterocycles. The van der Waals surface area contributed by atoms with Crippen molar-refractivity contribution in [3.8, 4) is 11.5 Å². The van der Waals surface area contributed by atoms with Gasteiger partial charge in [-0.2, -0.15) is 0 Å². The molecule has 2 aromatic carbocycles. The summed E-state index contributed by atoms with van der Waals surface area (Å²) in [6.45, 7) is 0.377. The average molecular weight is 435 g/mol. The van der Waals surface area contributed by atoms with Gasteiger partial charge in [0, 0.05) is 12.2 Å². The fourth-order valence-electron chi connectivity index (χ4n) is 2.38. The topological polar surface area (TPSA) is 85.4 Å². The Bertz CT molecular complexity index is 984. The van der Waals surface area contributed by atoms with Crippen LogP contribution < -0.4 is 20.1 Å². The number of anilines is 2. The third-order valence-electron chi connectivity index (χ3n) is 3.75. The van der Waals surface area contributed by atoms with Gasteiger partial charge >= 0.3 is 0 Å². The van der Waals surface area contributed by atoms with Crippen LogP contribution in [0.3, 0.4) is 0 Å². The number of methoxy groups -OCH3 is 2. The van der Waals surface area contributed by atoms with Gasteiger partial charge in [0.2, 0.25) is 11.0 Å². The zero-order chi connectivity index (χ0) is 20.6. The minimum atomic E-state index is -0.333. The van der Waals surface area contributed by atoms with Gasteiger partial charge in [0.15, 0.2) is 15.8 Å². The number of hydrogen-bond donors (Lipinski definition) is 2. The minimum Gasteiger partial charge on any atom is -0.493 e. The van der Waals surface area contributed by atoms with E-state index >= 15 is 0 Å². The molecule has 0 saturated carbocycles. The predicted molar refractivity (Wildman–Crippen MR) is 112 cm³/mol. The molecule has 10 heteroatoms. The van der Waals surface area contributed by atoms with Crippen LogP contribution in [0.1, 0.15) is 5.56 Å². The van der Waals surface area contributed by atoms with E-state index in [-0.39, 0.29) is 17.5 Å². The van der Waals surface area contributed by atoms with Gasteiger partial charge in [-0.05, 0) is 35.9 Å². The number of benzene rings is 2. The summed E-state index contributed by atoms with van der Waals surface area (Å²) >= 11 is 2.58. The van der Waals surface area contributed by atoms with Gasteiger partial charge in [-0.1, -0.05) is 35.2 Å². The third-order valence-corrected chi connectivity index (χ3v) is 5.72. The second kappa shape index (κ2) is 10.1. The van der Waals surface area contributed by atoms with E-state index in [4.69, 9.17) is 9.47 Å². The fourth-order valence-corrected chi connectivity index (χ4v) is 3.98. The van der Waals surface area contributed by atoms with Crippen molar-refractivity contribution < 1.29 is 18.7 Å². The van der Waals surface area contributed by atoms with Crippen molar-refractivity contribution in [2.24, 2.45) is 0 Å². The minimum absolute atomic E-state index is 0.125. The first-order chi connectivity index (χ1) is 14.1. The number of thioether (sulfide) groups is 1. The van der Waals surface area contributed by atoms with Gasteiger partial charge in [-0.15, -0.1) is 10.2 Å². The van der Waals surface area contributed by atoms with Gasteiger partial charge < -0.3 is 20.1 Å². The van der Waals surface area contributed by atoms with E-state index < -0.39 is 0 Å². The normalized spacial score (nSPS) is 10.4. The van der Waals surface area contributed by atoms with Gasteiger partial charge in [0.25, 0.3) is 0 Å². The summed E-state index contributed by atoms with van der Waals surface area (Å²) in [7, 11) is 3.14. The van der Waals surface area contributed by atoms with E-state index in [1.807, 2.05) is 12.1 Å². The Hall–Kier alpha value is -2.85. The molecule has 0 aliphatic carbocycles. The lowest BCUT2D eigenvalue weighted by molar-refractivity contribution is -0.118. The smallest absolute Gasteiger partial charge is 0.230 e. The molecule has 1 heterocycles. The van der Waals surface area contributed by atoms with Gasteiger partial charge in [-0.25, -0.2) is 4.39 Å². The van der Waals surface area contributed by atoms with Gasteiger partial charge in [0.05, 0.1) is 20.0 Å². The molecule has 3 aromatic rings. The van der Waals surface area contributed by atoms with Crippen LogP contribution >= 0.6 is 23.1 Å². The number of aromatic nitrogens is 2. The molecule has 0 aliphatic rings. The molecule has 7 nitrogen and oxygen atoms in total. The van der Waals surface area contributed by atoms with Crippen LogP contribution in [0.4, 0.5) is 15.2 Å². The highest BCUT2D eigenvalue weighted by atomic mass is 32.2. The van der Waals surface area contributed by atoms with E-state index in [0.717, 1.165) is 5.56 Å². The number of hydrogen-bond acceptors (Lipinski definition) is 8. The monoisotopic (exact) mass is 434 g/mol. The maximum atomic E-state index is 13.2. The van der Waals surface area contributed by atoms with E-state index in [2.05, 4.69) is 20.8 Å². The first kappa shape index (κ1) is 20.9. The average Bonchev–Trinajstić information content (AvgIpc) is 3.17. The maximum absolute atomic E-state index is 13.2. The summed E-state index contributed by atoms with van der Waals surface area (Å²) in [6.07, 6.45) is 0. The van der Waals surface area contributed by atoms with Crippen molar-refractivity contribution in [3.05, 3.63) is 53.8 Å². The number of rotatable bonds is 9. The second-order valence-electron chi connectivity index (χ2n) is 5.76. The van der Waals surface area contributed by atoms with Crippen molar-refractivity contribution in [1.29, 1.82) is 0 Å². The standard InChI is InChI=1S/C19H19FN4O3S2/c1-26-15-7-6-12(8-16(15)27-2)10-21-17(25)11-28-19-24-23-18(29-19)22-14-5-3-4-13(20)9-14/h3-9H,10-11H2,1-2H3,(H,21,25)(H,22,23). The van der Waals surface area contributed by atoms with Crippen LogP contribution in [0.15, 0.2) is 46.8 Å². The molecule has 0 radical (unpaired) electrons. The summed E-state index contributed by atoms with van der Waals surface area (Å²) in [5, 5.41) is 14.4. The molecule has 1 aromatic heterocycles. The first-order valence-corrected chi connectivity index (χ1v) is 10.3. The highest BCUT2D eigenvalue weighted by Crippen LogP contribution is 2.28. The summed E-state index contributed by atoms with van der Waals surface area (Å²) in [6, 6.07) is 11.6. The molecule has 0 fully saturated rings. The van der Waals surface area contributed by atoms with E-state index in [9.17, 15) is 9.18 Å². The van der Waals surface area contributed by atoms with E-state index in [1.54, 1.807) is 32.4 Å². The van der Waals surface area contributed by atoms with Crippen LogP contribution in [-0.4, -0.2) is 36.1 Å². The number of carbonyl (C=O) groups excluding carboxylic acids is 1. The Morgan fingerprint density at radius 3 is 2.72 bits per heavy atom. The molecule has 3 rings (SSSR count). The van der Waals surface area contributed by atoms with Gasteiger partial charge in [-0.3, -0.25) is 4.79 Å². The quantitative estimate of drug-likeness (QED) is 0.495. The molecule has 0 atom stereocenters. The molecule has 2 N–H and O–H groups in total. The molecule has 0 unspecified atom stereocenters. The molecule has 0 bridgehead atoms. The zero-order valence-corrected chi connectivity index (χ0v) is 17.4. The third kappa shape index (κ3) is 6.06. The van der Waals surface area contributed by atoms with E-state index in [0.29, 0.717) is 33.2 Å². The van der Waals surface area contributed by atoms with Crippen LogP contribution in [0, 0.1) is 5.82 Å². The Morgan fingerprint density at radius 2 is 1.97 bits per heavy atom. The molecule has 1 amide bonds. The maximum Gasteiger partial charge on any atom is 0.230 e. The van der Waals surface area contributed by atoms with Crippen LogP contribution in [-0.2, 0) is 11.3 Å². The molecule has 152 valence electrons. The summed E-state index contributed by atoms with van der Waals surface area (Å²) in [5.41, 5.74) is 1.49. The van der Waals surface area contributed by atoms with Crippen LogP contribution in [0.2, 0.25) is 0 Å². The fraction of sp³-hybridized carbons (Fsp3) is 0.211. The zero-order valence-electron chi connectivity index (χ0n) is 15.8. The SMILES string of the molecule is COc1ccc(CNC(=O)CSc2nnc(Nc3cccc(F)c3)s2)cc1OC. The largest absolute Gasteiger partial charge is 0.493 e. The summed E-state index contributed by atoms with van der Waals surface area (Å²) in [4.78, 5) is 12.1. The Labute approximate surface area is 175 Å². The Kier molecular flexibility index (Phi) is 7.25. The molecular formula is C19H19FN4O3S2. The van der Waals surface area contributed by atoms with Crippen LogP contribution in [0.25, 0.3) is 0 Å².